The third kappa shape index (κ3) is 5.22. The van der Waals surface area contributed by atoms with Gasteiger partial charge in [-0.3, -0.25) is 9.78 Å². The number of nitrogens with two attached hydrogens (primary N) is 1. The van der Waals surface area contributed by atoms with Crippen LogP contribution in [0.25, 0.3) is 0 Å². The molecule has 0 radical (unpaired) electrons. The highest BCUT2D eigenvalue weighted by Crippen LogP contribution is 2.30. The Morgan fingerprint density at radius 1 is 1.28 bits per heavy atom. The van der Waals surface area contributed by atoms with Gasteiger partial charge in [0.05, 0.1) is 5.02 Å². The van der Waals surface area contributed by atoms with E-state index in [0.717, 1.165) is 13.0 Å². The predicted octanol–water partition coefficient (Wildman–Crippen LogP) is 3.79. The van der Waals surface area contributed by atoms with Gasteiger partial charge in [0.25, 0.3) is 5.91 Å². The summed E-state index contributed by atoms with van der Waals surface area (Å²) >= 11 is 6.25. The summed E-state index contributed by atoms with van der Waals surface area (Å²) in [6.45, 7) is 2.07. The van der Waals surface area contributed by atoms with E-state index in [0.29, 0.717) is 41.1 Å². The normalized spacial score (nSPS) is 15.9. The molecule has 1 aliphatic heterocycles. The van der Waals surface area contributed by atoms with Crippen LogP contribution < -0.4 is 10.5 Å². The number of carbonyl (C=O) groups is 1. The molecule has 136 valence electrons. The van der Waals surface area contributed by atoms with Crippen molar-refractivity contribution in [3.8, 4) is 11.5 Å². The molecule has 0 bridgehead atoms. The molecule has 2 heterocycles. The summed E-state index contributed by atoms with van der Waals surface area (Å²) in [7, 11) is 0. The quantitative estimate of drug-likeness (QED) is 0.841. The van der Waals surface area contributed by atoms with E-state index in [2.05, 4.69) is 4.98 Å². The maximum absolute atomic E-state index is 12.5. The molecular formula is C17H20Cl3N3O2. The van der Waals surface area contributed by atoms with Gasteiger partial charge in [0, 0.05) is 31.0 Å². The summed E-state index contributed by atoms with van der Waals surface area (Å²) in [6.07, 6.45) is 4.24. The molecule has 2 aromatic rings. The first kappa shape index (κ1) is 21.5. The van der Waals surface area contributed by atoms with Crippen LogP contribution in [0.3, 0.4) is 0 Å². The lowest BCUT2D eigenvalue weighted by molar-refractivity contribution is 0.0787. The highest BCUT2D eigenvalue weighted by Gasteiger charge is 2.26. The van der Waals surface area contributed by atoms with E-state index in [1.165, 1.54) is 0 Å². The third-order valence-electron chi connectivity index (χ3n) is 3.96. The van der Waals surface area contributed by atoms with Crippen molar-refractivity contribution in [1.82, 2.24) is 9.88 Å². The Morgan fingerprint density at radius 2 is 2.00 bits per heavy atom. The molecule has 3 rings (SSSR count). The second-order valence-electron chi connectivity index (χ2n) is 5.57. The predicted molar refractivity (Wildman–Crippen MR) is 103 cm³/mol. The lowest BCUT2D eigenvalue weighted by Gasteiger charge is -2.17. The highest BCUT2D eigenvalue weighted by atomic mass is 35.5. The van der Waals surface area contributed by atoms with Crippen LogP contribution in [0.1, 0.15) is 16.8 Å². The summed E-state index contributed by atoms with van der Waals surface area (Å²) < 4.78 is 5.69. The fourth-order valence-electron chi connectivity index (χ4n) is 2.64. The molecule has 2 N–H and O–H groups in total. The van der Waals surface area contributed by atoms with Crippen molar-refractivity contribution in [1.29, 1.82) is 0 Å². The summed E-state index contributed by atoms with van der Waals surface area (Å²) in [5.41, 5.74) is 6.24. The number of pyridine rings is 1. The number of nitrogens with zero attached hydrogens (tertiary/aromatic N) is 2. The Kier molecular flexibility index (Phi) is 8.45. The number of rotatable bonds is 4. The second kappa shape index (κ2) is 9.82. The Morgan fingerprint density at radius 3 is 2.60 bits per heavy atom. The van der Waals surface area contributed by atoms with E-state index in [4.69, 9.17) is 22.1 Å². The third-order valence-corrected chi connectivity index (χ3v) is 4.26. The smallest absolute Gasteiger partial charge is 0.253 e. The van der Waals surface area contributed by atoms with Crippen molar-refractivity contribution in [2.75, 3.05) is 19.6 Å². The van der Waals surface area contributed by atoms with Gasteiger partial charge in [0.15, 0.2) is 0 Å². The van der Waals surface area contributed by atoms with Gasteiger partial charge in [-0.2, -0.15) is 0 Å². The molecule has 0 spiro atoms. The average molecular weight is 405 g/mol. The minimum Gasteiger partial charge on any atom is -0.456 e. The number of hydrogen-bond acceptors (Lipinski definition) is 4. The second-order valence-corrected chi connectivity index (χ2v) is 5.98. The van der Waals surface area contributed by atoms with Gasteiger partial charge in [-0.15, -0.1) is 24.8 Å². The Labute approximate surface area is 164 Å². The number of hydrogen-bond donors (Lipinski definition) is 1. The Balaban J connectivity index is 0.00000156. The van der Waals surface area contributed by atoms with E-state index in [1.807, 2.05) is 4.90 Å². The minimum absolute atomic E-state index is 0. The summed E-state index contributed by atoms with van der Waals surface area (Å²) in [4.78, 5) is 18.3. The SMILES string of the molecule is Cl.Cl.NCC1CCN(C(=O)c2ccc(Oc3ccncc3)c(Cl)c2)C1. The number of ether oxygens (including phenoxy) is 1. The highest BCUT2D eigenvalue weighted by molar-refractivity contribution is 6.32. The lowest BCUT2D eigenvalue weighted by atomic mass is 10.1. The minimum atomic E-state index is -0.0155. The van der Waals surface area contributed by atoms with Crippen LogP contribution in [-0.2, 0) is 0 Å². The topological polar surface area (TPSA) is 68.5 Å². The Hall–Kier alpha value is -1.53. The van der Waals surface area contributed by atoms with Crippen LogP contribution in [-0.4, -0.2) is 35.4 Å². The molecule has 1 fully saturated rings. The van der Waals surface area contributed by atoms with E-state index in [-0.39, 0.29) is 30.7 Å². The largest absolute Gasteiger partial charge is 0.456 e. The number of benzene rings is 1. The number of likely N-dealkylation sites (tertiary alicyclic amines) is 1. The van der Waals surface area contributed by atoms with Gasteiger partial charge < -0.3 is 15.4 Å². The van der Waals surface area contributed by atoms with E-state index in [1.54, 1.807) is 42.7 Å². The molecule has 5 nitrogen and oxygen atoms in total. The van der Waals surface area contributed by atoms with Crippen LogP contribution >= 0.6 is 36.4 Å². The fourth-order valence-corrected chi connectivity index (χ4v) is 2.86. The summed E-state index contributed by atoms with van der Waals surface area (Å²) in [5, 5.41) is 0.405. The van der Waals surface area contributed by atoms with E-state index in [9.17, 15) is 4.79 Å². The monoisotopic (exact) mass is 403 g/mol. The van der Waals surface area contributed by atoms with Gasteiger partial charge in [-0.1, -0.05) is 11.6 Å². The molecule has 1 aromatic heterocycles. The van der Waals surface area contributed by atoms with Crippen LogP contribution in [0.4, 0.5) is 0 Å². The molecule has 1 aromatic carbocycles. The average Bonchev–Trinajstić information content (AvgIpc) is 3.06. The maximum Gasteiger partial charge on any atom is 0.253 e. The van der Waals surface area contributed by atoms with Crippen LogP contribution in [0, 0.1) is 5.92 Å². The number of halogens is 3. The van der Waals surface area contributed by atoms with Gasteiger partial charge in [0.1, 0.15) is 11.5 Å². The van der Waals surface area contributed by atoms with E-state index < -0.39 is 0 Å². The molecular weight excluding hydrogens is 385 g/mol. The van der Waals surface area contributed by atoms with Crippen molar-refractivity contribution >= 4 is 42.3 Å². The Bertz CT molecular complexity index is 701. The zero-order chi connectivity index (χ0) is 16.2. The van der Waals surface area contributed by atoms with Gasteiger partial charge in [-0.05, 0) is 49.2 Å². The van der Waals surface area contributed by atoms with Gasteiger partial charge in [-0.25, -0.2) is 0 Å². The van der Waals surface area contributed by atoms with Crippen molar-refractivity contribution in [3.05, 3.63) is 53.3 Å². The van der Waals surface area contributed by atoms with Crippen LogP contribution in [0.15, 0.2) is 42.7 Å². The van der Waals surface area contributed by atoms with Crippen LogP contribution in [0.5, 0.6) is 11.5 Å². The molecule has 1 atom stereocenters. The van der Waals surface area contributed by atoms with Gasteiger partial charge >= 0.3 is 0 Å². The van der Waals surface area contributed by atoms with Crippen molar-refractivity contribution in [3.63, 3.8) is 0 Å². The summed E-state index contributed by atoms with van der Waals surface area (Å²) in [5.74, 6) is 1.53. The first-order valence-corrected chi connectivity index (χ1v) is 7.92. The molecule has 0 saturated carbocycles. The maximum atomic E-state index is 12.5. The number of amides is 1. The van der Waals surface area contributed by atoms with Crippen molar-refractivity contribution in [2.45, 2.75) is 6.42 Å². The molecule has 25 heavy (non-hydrogen) atoms. The molecule has 1 unspecified atom stereocenters. The van der Waals surface area contributed by atoms with Crippen molar-refractivity contribution < 1.29 is 9.53 Å². The first-order chi connectivity index (χ1) is 11.2. The molecule has 1 amide bonds. The molecule has 8 heteroatoms. The molecule has 1 aliphatic rings. The fraction of sp³-hybridized carbons (Fsp3) is 0.294. The standard InChI is InChI=1S/C17H18ClN3O2.2ClH/c18-15-9-13(17(22)21-8-5-12(10-19)11-21)1-2-16(15)23-14-3-6-20-7-4-14;;/h1-4,6-7,9,12H,5,8,10-11,19H2;2*1H. The zero-order valence-corrected chi connectivity index (χ0v) is 15.8. The van der Waals surface area contributed by atoms with Gasteiger partial charge in [0.2, 0.25) is 0 Å². The number of carbonyl (C=O) groups excluding carboxylic acids is 1. The van der Waals surface area contributed by atoms with Crippen LogP contribution in [0.2, 0.25) is 5.02 Å². The summed E-state index contributed by atoms with van der Waals surface area (Å²) in [6, 6.07) is 8.59. The zero-order valence-electron chi connectivity index (χ0n) is 13.4. The van der Waals surface area contributed by atoms with E-state index >= 15 is 0 Å². The first-order valence-electron chi connectivity index (χ1n) is 7.54. The lowest BCUT2D eigenvalue weighted by Crippen LogP contribution is -2.29. The van der Waals surface area contributed by atoms with Crippen molar-refractivity contribution in [2.24, 2.45) is 11.7 Å². The molecule has 1 saturated heterocycles. The number of aromatic nitrogens is 1. The molecule has 0 aliphatic carbocycles.